The minimum Gasteiger partial charge on any atom is -0.212 e. The summed E-state index contributed by atoms with van der Waals surface area (Å²) in [5, 5.41) is 0. The number of halogens is 1. The van der Waals surface area contributed by atoms with Crippen molar-refractivity contribution in [3.8, 4) is 0 Å². The van der Waals surface area contributed by atoms with Gasteiger partial charge in [-0.1, -0.05) is 26.8 Å². The lowest BCUT2D eigenvalue weighted by Gasteiger charge is -2.12. The van der Waals surface area contributed by atoms with Crippen LogP contribution in [0.1, 0.15) is 40.0 Å². The molecule has 0 aromatic rings. The van der Waals surface area contributed by atoms with Crippen LogP contribution in [-0.2, 0) is 0 Å². The SMILES string of the molecule is CC.CC1CCC=C(F)C1. The van der Waals surface area contributed by atoms with Crippen molar-refractivity contribution >= 4 is 0 Å². The molecule has 1 aliphatic rings. The first-order valence-electron chi connectivity index (χ1n) is 4.13. The third kappa shape index (κ3) is 3.65. The Morgan fingerprint density at radius 2 is 2.10 bits per heavy atom. The Morgan fingerprint density at radius 3 is 2.40 bits per heavy atom. The van der Waals surface area contributed by atoms with Crippen molar-refractivity contribution in [1.82, 2.24) is 0 Å². The van der Waals surface area contributed by atoms with E-state index < -0.39 is 0 Å². The summed E-state index contributed by atoms with van der Waals surface area (Å²) >= 11 is 0. The van der Waals surface area contributed by atoms with Crippen molar-refractivity contribution < 1.29 is 4.39 Å². The minimum atomic E-state index is 0.0868. The van der Waals surface area contributed by atoms with Crippen LogP contribution in [0.4, 0.5) is 4.39 Å². The van der Waals surface area contributed by atoms with Gasteiger partial charge in [-0.15, -0.1) is 0 Å². The van der Waals surface area contributed by atoms with E-state index in [1.54, 1.807) is 6.08 Å². The maximum atomic E-state index is 12.3. The number of hydrogen-bond donors (Lipinski definition) is 0. The third-order valence-corrected chi connectivity index (χ3v) is 1.57. The molecular weight excluding hydrogens is 127 g/mol. The van der Waals surface area contributed by atoms with E-state index in [9.17, 15) is 4.39 Å². The molecule has 0 saturated heterocycles. The van der Waals surface area contributed by atoms with Gasteiger partial charge in [0.25, 0.3) is 0 Å². The summed E-state index contributed by atoms with van der Waals surface area (Å²) in [5.41, 5.74) is 0. The van der Waals surface area contributed by atoms with Gasteiger partial charge in [-0.05, 0) is 18.8 Å². The van der Waals surface area contributed by atoms with E-state index in [1.165, 1.54) is 0 Å². The van der Waals surface area contributed by atoms with Crippen LogP contribution in [0, 0.1) is 5.92 Å². The summed E-state index contributed by atoms with van der Waals surface area (Å²) in [7, 11) is 0. The van der Waals surface area contributed by atoms with E-state index in [0.717, 1.165) is 12.8 Å². The fourth-order valence-corrected chi connectivity index (χ4v) is 1.04. The van der Waals surface area contributed by atoms with Crippen LogP contribution in [0.25, 0.3) is 0 Å². The summed E-state index contributed by atoms with van der Waals surface area (Å²) < 4.78 is 12.3. The summed E-state index contributed by atoms with van der Waals surface area (Å²) in [4.78, 5) is 0. The predicted octanol–water partition coefficient (Wildman–Crippen LogP) is 3.69. The van der Waals surface area contributed by atoms with Gasteiger partial charge in [0.15, 0.2) is 0 Å². The lowest BCUT2D eigenvalue weighted by molar-refractivity contribution is 0.436. The van der Waals surface area contributed by atoms with Crippen molar-refractivity contribution in [2.24, 2.45) is 5.92 Å². The molecule has 1 atom stereocenters. The summed E-state index contributed by atoms with van der Waals surface area (Å²) in [6.07, 6.45) is 4.46. The molecule has 0 aromatic carbocycles. The van der Waals surface area contributed by atoms with Gasteiger partial charge in [-0.3, -0.25) is 0 Å². The van der Waals surface area contributed by atoms with Gasteiger partial charge >= 0.3 is 0 Å². The van der Waals surface area contributed by atoms with Crippen molar-refractivity contribution in [3.63, 3.8) is 0 Å². The van der Waals surface area contributed by atoms with E-state index in [-0.39, 0.29) is 5.83 Å². The Kier molecular flexibility index (Phi) is 5.27. The molecular formula is C9H17F. The molecule has 0 N–H and O–H groups in total. The number of allylic oxidation sites excluding steroid dienone is 2. The van der Waals surface area contributed by atoms with Crippen LogP contribution in [0.5, 0.6) is 0 Å². The maximum absolute atomic E-state index is 12.3. The van der Waals surface area contributed by atoms with Gasteiger partial charge in [0, 0.05) is 6.42 Å². The van der Waals surface area contributed by atoms with E-state index in [1.807, 2.05) is 13.8 Å². The molecule has 0 radical (unpaired) electrons. The van der Waals surface area contributed by atoms with Gasteiger partial charge in [0.05, 0.1) is 5.83 Å². The highest BCUT2D eigenvalue weighted by molar-refractivity contribution is 4.96. The van der Waals surface area contributed by atoms with Crippen LogP contribution >= 0.6 is 0 Å². The quantitative estimate of drug-likeness (QED) is 0.486. The first kappa shape index (κ1) is 9.67. The molecule has 0 aromatic heterocycles. The van der Waals surface area contributed by atoms with Gasteiger partial charge in [0.1, 0.15) is 0 Å². The standard InChI is InChI=1S/C7H11F.C2H6/c1-6-3-2-4-7(8)5-6;1-2/h4,6H,2-3,5H2,1H3;1-2H3. The highest BCUT2D eigenvalue weighted by Gasteiger charge is 2.08. The van der Waals surface area contributed by atoms with Crippen LogP contribution in [0.2, 0.25) is 0 Å². The molecule has 10 heavy (non-hydrogen) atoms. The topological polar surface area (TPSA) is 0 Å². The first-order chi connectivity index (χ1) is 4.79. The monoisotopic (exact) mass is 144 g/mol. The summed E-state index contributed by atoms with van der Waals surface area (Å²) in [6, 6.07) is 0. The lowest BCUT2D eigenvalue weighted by atomic mass is 9.96. The van der Waals surface area contributed by atoms with Crippen molar-refractivity contribution in [1.29, 1.82) is 0 Å². The van der Waals surface area contributed by atoms with E-state index in [2.05, 4.69) is 6.92 Å². The maximum Gasteiger partial charge on any atom is 0.0962 e. The Labute approximate surface area is 63.1 Å². The molecule has 0 amide bonds. The Hall–Kier alpha value is -0.330. The fraction of sp³-hybridized carbons (Fsp3) is 0.778. The Bertz CT molecular complexity index is 105. The molecule has 1 heteroatoms. The van der Waals surface area contributed by atoms with Gasteiger partial charge < -0.3 is 0 Å². The molecule has 1 unspecified atom stereocenters. The van der Waals surface area contributed by atoms with E-state index in [0.29, 0.717) is 12.3 Å². The van der Waals surface area contributed by atoms with Crippen molar-refractivity contribution in [2.75, 3.05) is 0 Å². The normalized spacial score (nSPS) is 24.4. The van der Waals surface area contributed by atoms with Crippen LogP contribution < -0.4 is 0 Å². The van der Waals surface area contributed by atoms with Crippen LogP contribution in [-0.4, -0.2) is 0 Å². The average molecular weight is 144 g/mol. The Balaban J connectivity index is 0.000000371. The van der Waals surface area contributed by atoms with Crippen molar-refractivity contribution in [2.45, 2.75) is 40.0 Å². The molecule has 0 spiro atoms. The molecule has 0 heterocycles. The highest BCUT2D eigenvalue weighted by Crippen LogP contribution is 2.23. The second-order valence-corrected chi connectivity index (χ2v) is 2.54. The first-order valence-corrected chi connectivity index (χ1v) is 4.13. The zero-order valence-electron chi connectivity index (χ0n) is 7.15. The highest BCUT2D eigenvalue weighted by atomic mass is 19.1. The zero-order valence-corrected chi connectivity index (χ0v) is 7.15. The molecule has 0 aliphatic heterocycles. The molecule has 0 nitrogen and oxygen atoms in total. The zero-order chi connectivity index (χ0) is 7.98. The van der Waals surface area contributed by atoms with Crippen LogP contribution in [0.15, 0.2) is 11.9 Å². The second-order valence-electron chi connectivity index (χ2n) is 2.54. The third-order valence-electron chi connectivity index (χ3n) is 1.57. The van der Waals surface area contributed by atoms with Gasteiger partial charge in [-0.25, -0.2) is 4.39 Å². The molecule has 0 fully saturated rings. The molecule has 1 rings (SSSR count). The van der Waals surface area contributed by atoms with Crippen LogP contribution in [0.3, 0.4) is 0 Å². The summed E-state index contributed by atoms with van der Waals surface area (Å²) in [5.74, 6) is 0.656. The fourth-order valence-electron chi connectivity index (χ4n) is 1.04. The molecule has 0 bridgehead atoms. The van der Waals surface area contributed by atoms with Gasteiger partial charge in [0.2, 0.25) is 0 Å². The average Bonchev–Trinajstić information content (AvgIpc) is 1.91. The molecule has 0 saturated carbocycles. The largest absolute Gasteiger partial charge is 0.212 e. The smallest absolute Gasteiger partial charge is 0.0962 e. The molecule has 1 aliphatic carbocycles. The second kappa shape index (κ2) is 5.45. The lowest BCUT2D eigenvalue weighted by Crippen LogP contribution is -1.98. The number of hydrogen-bond acceptors (Lipinski definition) is 0. The summed E-state index contributed by atoms with van der Waals surface area (Å²) in [6.45, 7) is 6.09. The van der Waals surface area contributed by atoms with E-state index in [4.69, 9.17) is 0 Å². The number of rotatable bonds is 0. The minimum absolute atomic E-state index is 0.0868. The predicted molar refractivity (Wildman–Crippen MR) is 43.6 cm³/mol. The molecule has 60 valence electrons. The van der Waals surface area contributed by atoms with E-state index >= 15 is 0 Å². The van der Waals surface area contributed by atoms with Gasteiger partial charge in [-0.2, -0.15) is 0 Å². The Morgan fingerprint density at radius 1 is 1.50 bits per heavy atom. The van der Waals surface area contributed by atoms with Crippen molar-refractivity contribution in [3.05, 3.63) is 11.9 Å².